The van der Waals surface area contributed by atoms with E-state index in [1.165, 1.54) is 22.4 Å². The zero-order chi connectivity index (χ0) is 21.8. The van der Waals surface area contributed by atoms with E-state index in [4.69, 9.17) is 9.47 Å². The summed E-state index contributed by atoms with van der Waals surface area (Å²) in [7, 11) is -0.495. The van der Waals surface area contributed by atoms with Crippen LogP contribution in [-0.4, -0.2) is 56.3 Å². The molecule has 4 rings (SSSR count). The van der Waals surface area contributed by atoms with Gasteiger partial charge in [0.25, 0.3) is 10.0 Å². The Balaban J connectivity index is 1.60. The summed E-state index contributed by atoms with van der Waals surface area (Å²) in [6.07, 6.45) is 3.01. The summed E-state index contributed by atoms with van der Waals surface area (Å²) in [6, 6.07) is 9.11. The van der Waals surface area contributed by atoms with Gasteiger partial charge in [0.15, 0.2) is 5.03 Å². The molecule has 1 aromatic carbocycles. The molecule has 2 aromatic heterocycles. The van der Waals surface area contributed by atoms with Crippen molar-refractivity contribution >= 4 is 27.0 Å². The minimum atomic E-state index is -3.83. The molecule has 31 heavy (non-hydrogen) atoms. The van der Waals surface area contributed by atoms with Gasteiger partial charge < -0.3 is 14.0 Å². The Morgan fingerprint density at radius 2 is 1.97 bits per heavy atom. The lowest BCUT2D eigenvalue weighted by molar-refractivity contribution is 0.0342. The number of benzene rings is 1. The number of hydrogen-bond acceptors (Lipinski definition) is 7. The molecule has 1 aliphatic rings. The Morgan fingerprint density at radius 1 is 1.23 bits per heavy atom. The molecule has 1 aliphatic heterocycles. The van der Waals surface area contributed by atoms with Gasteiger partial charge in [-0.1, -0.05) is 0 Å². The van der Waals surface area contributed by atoms with E-state index in [-0.39, 0.29) is 11.6 Å². The first-order chi connectivity index (χ1) is 15.0. The molecule has 0 saturated carbocycles. The van der Waals surface area contributed by atoms with Crippen LogP contribution in [0.2, 0.25) is 0 Å². The van der Waals surface area contributed by atoms with Crippen molar-refractivity contribution in [2.24, 2.45) is 7.05 Å². The van der Waals surface area contributed by atoms with Gasteiger partial charge in [-0.15, -0.1) is 11.3 Å². The first-order valence-corrected chi connectivity index (χ1v) is 12.3. The number of rotatable bonds is 8. The third-order valence-corrected chi connectivity index (χ3v) is 7.74. The van der Waals surface area contributed by atoms with Gasteiger partial charge in [0, 0.05) is 37.8 Å². The molecular formula is C21H26N4O4S2. The number of hydrogen-bond donors (Lipinski definition) is 0. The normalized spacial score (nSPS) is 15.2. The Morgan fingerprint density at radius 3 is 2.61 bits per heavy atom. The fourth-order valence-electron chi connectivity index (χ4n) is 3.45. The maximum absolute atomic E-state index is 13.4. The fourth-order valence-corrected chi connectivity index (χ4v) is 5.81. The van der Waals surface area contributed by atoms with Gasteiger partial charge in [0.1, 0.15) is 5.75 Å². The van der Waals surface area contributed by atoms with Gasteiger partial charge in [-0.25, -0.2) is 4.98 Å². The molecule has 1 saturated heterocycles. The molecule has 0 atom stereocenters. The van der Waals surface area contributed by atoms with Crippen molar-refractivity contribution in [3.8, 4) is 5.75 Å². The number of sulfonamides is 1. The molecule has 0 radical (unpaired) electrons. The summed E-state index contributed by atoms with van der Waals surface area (Å²) in [5.74, 6) is 0.669. The summed E-state index contributed by atoms with van der Waals surface area (Å²) >= 11 is 1.57. The number of nitrogens with zero attached hydrogens (tertiary/aromatic N) is 4. The molecule has 8 nitrogen and oxygen atoms in total. The van der Waals surface area contributed by atoms with Crippen LogP contribution in [0.25, 0.3) is 0 Å². The van der Waals surface area contributed by atoms with Gasteiger partial charge >= 0.3 is 0 Å². The topological polar surface area (TPSA) is 76.9 Å². The molecule has 1 fully saturated rings. The average molecular weight is 463 g/mol. The van der Waals surface area contributed by atoms with Crippen LogP contribution in [0.15, 0.2) is 53.3 Å². The summed E-state index contributed by atoms with van der Waals surface area (Å²) in [5.41, 5.74) is 1.75. The van der Waals surface area contributed by atoms with E-state index in [1.54, 1.807) is 54.3 Å². The lowest BCUT2D eigenvalue weighted by Crippen LogP contribution is -2.35. The summed E-state index contributed by atoms with van der Waals surface area (Å²) in [6.45, 7) is 4.41. The maximum Gasteiger partial charge on any atom is 0.283 e. The van der Waals surface area contributed by atoms with E-state index in [1.807, 2.05) is 0 Å². The highest BCUT2D eigenvalue weighted by molar-refractivity contribution is 7.92. The molecule has 0 spiro atoms. The number of anilines is 1. The zero-order valence-corrected chi connectivity index (χ0v) is 19.2. The highest BCUT2D eigenvalue weighted by Gasteiger charge is 2.28. The number of aromatic nitrogens is 2. The maximum atomic E-state index is 13.4. The van der Waals surface area contributed by atoms with Crippen molar-refractivity contribution in [3.05, 3.63) is 58.7 Å². The summed E-state index contributed by atoms with van der Waals surface area (Å²) in [4.78, 5) is 7.40. The van der Waals surface area contributed by atoms with E-state index in [0.29, 0.717) is 11.4 Å². The van der Waals surface area contributed by atoms with Gasteiger partial charge in [0.2, 0.25) is 0 Å². The summed E-state index contributed by atoms with van der Waals surface area (Å²) in [5, 5.41) is 2.13. The van der Waals surface area contributed by atoms with Crippen LogP contribution in [0.5, 0.6) is 5.75 Å². The third kappa shape index (κ3) is 5.09. The van der Waals surface area contributed by atoms with E-state index >= 15 is 0 Å². The molecule has 3 aromatic rings. The predicted molar refractivity (Wildman–Crippen MR) is 120 cm³/mol. The minimum absolute atomic E-state index is 0.0240. The number of imidazole rings is 1. The lowest BCUT2D eigenvalue weighted by atomic mass is 10.2. The van der Waals surface area contributed by atoms with E-state index in [2.05, 4.69) is 21.3 Å². The van der Waals surface area contributed by atoms with Crippen LogP contribution in [0.3, 0.4) is 0 Å². The highest BCUT2D eigenvalue weighted by atomic mass is 32.2. The second-order valence-electron chi connectivity index (χ2n) is 7.40. The van der Waals surface area contributed by atoms with E-state index in [9.17, 15) is 8.42 Å². The van der Waals surface area contributed by atoms with Crippen molar-refractivity contribution in [1.82, 2.24) is 14.5 Å². The van der Waals surface area contributed by atoms with Crippen molar-refractivity contribution in [2.75, 3.05) is 37.7 Å². The molecule has 0 bridgehead atoms. The smallest absolute Gasteiger partial charge is 0.283 e. The first-order valence-electron chi connectivity index (χ1n) is 9.97. The quantitative estimate of drug-likeness (QED) is 0.512. The Bertz CT molecular complexity index is 1100. The lowest BCUT2D eigenvalue weighted by Gasteiger charge is -2.26. The largest absolute Gasteiger partial charge is 0.497 e. The van der Waals surface area contributed by atoms with Crippen molar-refractivity contribution < 1.29 is 17.9 Å². The molecule has 0 aliphatic carbocycles. The fraction of sp³-hybridized carbons (Fsp3) is 0.381. The van der Waals surface area contributed by atoms with Crippen LogP contribution >= 0.6 is 11.3 Å². The van der Waals surface area contributed by atoms with Crippen LogP contribution in [0.4, 0.5) is 5.69 Å². The number of aryl methyl sites for hydroxylation is 1. The van der Waals surface area contributed by atoms with Crippen molar-refractivity contribution in [1.29, 1.82) is 0 Å². The SMILES string of the molecule is COc1ccc(N(Cc2cc(CN3CCOCC3)cs2)S(=O)(=O)c2cn(C)cn2)cc1. The van der Waals surface area contributed by atoms with Crippen molar-refractivity contribution in [3.63, 3.8) is 0 Å². The van der Waals surface area contributed by atoms with Crippen LogP contribution in [-0.2, 0) is 34.9 Å². The number of morpholine rings is 1. The second-order valence-corrected chi connectivity index (χ2v) is 10.2. The predicted octanol–water partition coefficient (Wildman–Crippen LogP) is 2.72. The highest BCUT2D eigenvalue weighted by Crippen LogP contribution is 2.29. The zero-order valence-electron chi connectivity index (χ0n) is 17.6. The molecular weight excluding hydrogens is 436 g/mol. The summed E-state index contributed by atoms with van der Waals surface area (Å²) < 4.78 is 40.5. The van der Waals surface area contributed by atoms with Crippen LogP contribution in [0, 0.1) is 0 Å². The molecule has 10 heteroatoms. The van der Waals surface area contributed by atoms with Gasteiger partial charge in [-0.05, 0) is 41.3 Å². The Labute approximate surface area is 186 Å². The minimum Gasteiger partial charge on any atom is -0.497 e. The molecule has 0 N–H and O–H groups in total. The van der Waals surface area contributed by atoms with Gasteiger partial charge in [-0.2, -0.15) is 8.42 Å². The standard InChI is InChI=1S/C21H26N4O4S2/c1-23-14-21(22-16-23)31(26,27)25(18-3-5-19(28-2)6-4-18)13-20-11-17(15-30-20)12-24-7-9-29-10-8-24/h3-6,11,14-16H,7-10,12-13H2,1-2H3. The van der Waals surface area contributed by atoms with Gasteiger partial charge in [-0.3, -0.25) is 9.21 Å². The van der Waals surface area contributed by atoms with Crippen LogP contribution < -0.4 is 9.04 Å². The average Bonchev–Trinajstić information content (AvgIpc) is 3.42. The van der Waals surface area contributed by atoms with Crippen LogP contribution in [0.1, 0.15) is 10.4 Å². The Hall–Kier alpha value is -2.40. The first kappa shape index (κ1) is 21.8. The van der Waals surface area contributed by atoms with E-state index < -0.39 is 10.0 Å². The number of thiophene rings is 1. The number of methoxy groups -OCH3 is 1. The number of ether oxygens (including phenoxy) is 2. The molecule has 166 valence electrons. The molecule has 0 amide bonds. The van der Waals surface area contributed by atoms with Gasteiger partial charge in [0.05, 0.1) is 38.9 Å². The Kier molecular flexibility index (Phi) is 6.61. The second kappa shape index (κ2) is 9.39. The molecule has 0 unspecified atom stereocenters. The van der Waals surface area contributed by atoms with Crippen molar-refractivity contribution in [2.45, 2.75) is 18.1 Å². The third-order valence-electron chi connectivity index (χ3n) is 5.11. The van der Waals surface area contributed by atoms with E-state index in [0.717, 1.165) is 37.7 Å². The monoisotopic (exact) mass is 462 g/mol. The molecule has 3 heterocycles.